The molecule has 1 heterocycles. The highest BCUT2D eigenvalue weighted by Gasteiger charge is 2.38. The second-order valence-corrected chi connectivity index (χ2v) is 6.45. The average Bonchev–Trinajstić information content (AvgIpc) is 2.13. The summed E-state index contributed by atoms with van der Waals surface area (Å²) in [6.45, 7) is 13.3. The molecule has 1 aliphatic heterocycles. The Kier molecular flexibility index (Phi) is 4.78. The molecule has 3 nitrogen and oxygen atoms in total. The van der Waals surface area contributed by atoms with Gasteiger partial charge in [0.25, 0.3) is 0 Å². The summed E-state index contributed by atoms with van der Waals surface area (Å²) in [5, 5.41) is 4.19. The van der Waals surface area contributed by atoms with Gasteiger partial charge >= 0.3 is 0 Å². The summed E-state index contributed by atoms with van der Waals surface area (Å²) >= 11 is 5.45. The van der Waals surface area contributed by atoms with Crippen LogP contribution in [-0.2, 0) is 4.74 Å². The summed E-state index contributed by atoms with van der Waals surface area (Å²) < 4.78 is 6.04. The summed E-state index contributed by atoms with van der Waals surface area (Å²) in [7, 11) is 0. The Labute approximate surface area is 111 Å². The molecule has 1 aliphatic rings. The normalized spacial score (nSPS) is 22.3. The van der Waals surface area contributed by atoms with Crippen LogP contribution in [0.4, 0.5) is 0 Å². The molecule has 0 atom stereocenters. The fourth-order valence-electron chi connectivity index (χ4n) is 2.42. The minimum absolute atomic E-state index is 0.141. The first-order valence-electron chi connectivity index (χ1n) is 6.49. The van der Waals surface area contributed by atoms with Crippen LogP contribution in [0.1, 0.15) is 47.5 Å². The Bertz CT molecular complexity index is 261. The topological polar surface area (TPSA) is 24.5 Å². The Morgan fingerprint density at radius 2 is 1.76 bits per heavy atom. The van der Waals surface area contributed by atoms with Crippen molar-refractivity contribution in [2.45, 2.75) is 58.7 Å². The maximum atomic E-state index is 6.04. The molecule has 1 fully saturated rings. The molecule has 0 spiro atoms. The van der Waals surface area contributed by atoms with E-state index in [1.165, 1.54) is 6.42 Å². The Balaban J connectivity index is 2.55. The number of thiocarbonyl (C=S) groups is 1. The quantitative estimate of drug-likeness (QED) is 0.621. The van der Waals surface area contributed by atoms with Crippen LogP contribution in [0.5, 0.6) is 0 Å². The van der Waals surface area contributed by atoms with Crippen molar-refractivity contribution in [1.29, 1.82) is 0 Å². The number of rotatable bonds is 3. The Hall–Kier alpha value is -0.350. The molecular formula is C13H26N2OS. The molecule has 100 valence electrons. The molecule has 0 unspecified atom stereocenters. The third-order valence-corrected chi connectivity index (χ3v) is 3.19. The molecule has 1 rings (SSSR count). The van der Waals surface area contributed by atoms with Crippen LogP contribution in [0, 0.1) is 0 Å². The summed E-state index contributed by atoms with van der Waals surface area (Å²) in [5.74, 6) is 0. The minimum atomic E-state index is -0.141. The standard InChI is InChI=1S/C13H26N2OS/c1-6-7-8-14-11(17)15-9-12(2,3)16-13(4,5)10-15/h6-10H2,1-5H3,(H,14,17). The molecule has 17 heavy (non-hydrogen) atoms. The minimum Gasteiger partial charge on any atom is -0.366 e. The first-order chi connectivity index (χ1) is 7.76. The number of unbranched alkanes of at least 4 members (excludes halogenated alkanes) is 1. The molecule has 0 saturated carbocycles. The SMILES string of the molecule is CCCCNC(=S)N1CC(C)(C)OC(C)(C)C1. The van der Waals surface area contributed by atoms with Crippen molar-refractivity contribution >= 4 is 17.3 Å². The molecule has 0 aromatic carbocycles. The fourth-order valence-corrected chi connectivity index (χ4v) is 2.65. The Morgan fingerprint density at radius 1 is 1.24 bits per heavy atom. The van der Waals surface area contributed by atoms with E-state index in [9.17, 15) is 0 Å². The van der Waals surface area contributed by atoms with Gasteiger partial charge in [-0.1, -0.05) is 13.3 Å². The van der Waals surface area contributed by atoms with E-state index in [4.69, 9.17) is 17.0 Å². The second kappa shape index (κ2) is 5.53. The zero-order chi connectivity index (χ0) is 13.1. The van der Waals surface area contributed by atoms with Gasteiger partial charge in [-0.2, -0.15) is 0 Å². The van der Waals surface area contributed by atoms with Crippen molar-refractivity contribution in [2.24, 2.45) is 0 Å². The molecule has 0 bridgehead atoms. The predicted molar refractivity (Wildman–Crippen MR) is 76.3 cm³/mol. The van der Waals surface area contributed by atoms with Crippen molar-refractivity contribution in [3.8, 4) is 0 Å². The molecule has 0 aromatic rings. The third-order valence-electron chi connectivity index (χ3n) is 2.79. The van der Waals surface area contributed by atoms with Crippen molar-refractivity contribution in [2.75, 3.05) is 19.6 Å². The number of ether oxygens (including phenoxy) is 1. The average molecular weight is 258 g/mol. The van der Waals surface area contributed by atoms with E-state index in [1.807, 2.05) is 0 Å². The second-order valence-electron chi connectivity index (χ2n) is 6.06. The number of hydrogen-bond acceptors (Lipinski definition) is 2. The van der Waals surface area contributed by atoms with Crippen molar-refractivity contribution in [1.82, 2.24) is 10.2 Å². The molecule has 0 aromatic heterocycles. The highest BCUT2D eigenvalue weighted by molar-refractivity contribution is 7.80. The maximum absolute atomic E-state index is 6.04. The number of hydrogen-bond donors (Lipinski definition) is 1. The summed E-state index contributed by atoms with van der Waals surface area (Å²) in [6.07, 6.45) is 2.35. The van der Waals surface area contributed by atoms with E-state index in [1.54, 1.807) is 0 Å². The van der Waals surface area contributed by atoms with Crippen LogP contribution in [0.15, 0.2) is 0 Å². The number of morpholine rings is 1. The van der Waals surface area contributed by atoms with Gasteiger partial charge < -0.3 is 15.0 Å². The Morgan fingerprint density at radius 3 is 2.24 bits per heavy atom. The first-order valence-corrected chi connectivity index (χ1v) is 6.89. The number of nitrogens with zero attached hydrogens (tertiary/aromatic N) is 1. The van der Waals surface area contributed by atoms with E-state index < -0.39 is 0 Å². The van der Waals surface area contributed by atoms with Crippen molar-refractivity contribution in [3.63, 3.8) is 0 Å². The summed E-state index contributed by atoms with van der Waals surface area (Å²) in [5.41, 5.74) is -0.281. The van der Waals surface area contributed by atoms with Crippen LogP contribution < -0.4 is 5.32 Å². The highest BCUT2D eigenvalue weighted by Crippen LogP contribution is 2.27. The van der Waals surface area contributed by atoms with Gasteiger partial charge in [-0.15, -0.1) is 0 Å². The molecule has 1 N–H and O–H groups in total. The van der Waals surface area contributed by atoms with Gasteiger partial charge in [-0.25, -0.2) is 0 Å². The molecular weight excluding hydrogens is 232 g/mol. The van der Waals surface area contributed by atoms with Gasteiger partial charge in [0.15, 0.2) is 5.11 Å². The molecule has 4 heteroatoms. The van der Waals surface area contributed by atoms with E-state index in [2.05, 4.69) is 44.8 Å². The molecule has 0 aliphatic carbocycles. The maximum Gasteiger partial charge on any atom is 0.169 e. The van der Waals surface area contributed by atoms with Crippen molar-refractivity contribution < 1.29 is 4.74 Å². The smallest absolute Gasteiger partial charge is 0.169 e. The van der Waals surface area contributed by atoms with Crippen molar-refractivity contribution in [3.05, 3.63) is 0 Å². The largest absolute Gasteiger partial charge is 0.366 e. The zero-order valence-electron chi connectivity index (χ0n) is 11.8. The fraction of sp³-hybridized carbons (Fsp3) is 0.923. The van der Waals surface area contributed by atoms with Gasteiger partial charge in [-0.05, 0) is 46.3 Å². The van der Waals surface area contributed by atoms with Crippen LogP contribution >= 0.6 is 12.2 Å². The van der Waals surface area contributed by atoms with Crippen LogP contribution in [0.25, 0.3) is 0 Å². The zero-order valence-corrected chi connectivity index (χ0v) is 12.6. The molecule has 0 radical (unpaired) electrons. The summed E-state index contributed by atoms with van der Waals surface area (Å²) in [4.78, 5) is 2.23. The lowest BCUT2D eigenvalue weighted by atomic mass is 9.99. The lowest BCUT2D eigenvalue weighted by Crippen LogP contribution is -2.60. The van der Waals surface area contributed by atoms with Gasteiger partial charge in [0.05, 0.1) is 11.2 Å². The predicted octanol–water partition coefficient (Wildman–Crippen LogP) is 2.55. The van der Waals surface area contributed by atoms with E-state index >= 15 is 0 Å². The number of nitrogens with one attached hydrogen (secondary N) is 1. The van der Waals surface area contributed by atoms with Crippen LogP contribution in [0.2, 0.25) is 0 Å². The molecule has 0 amide bonds. The highest BCUT2D eigenvalue weighted by atomic mass is 32.1. The summed E-state index contributed by atoms with van der Waals surface area (Å²) in [6, 6.07) is 0. The molecule has 1 saturated heterocycles. The van der Waals surface area contributed by atoms with E-state index in [-0.39, 0.29) is 11.2 Å². The monoisotopic (exact) mass is 258 g/mol. The lowest BCUT2D eigenvalue weighted by molar-refractivity contribution is -0.167. The first kappa shape index (κ1) is 14.7. The van der Waals surface area contributed by atoms with Gasteiger partial charge in [0.1, 0.15) is 0 Å². The van der Waals surface area contributed by atoms with Crippen LogP contribution in [0.3, 0.4) is 0 Å². The lowest BCUT2D eigenvalue weighted by Gasteiger charge is -2.48. The van der Waals surface area contributed by atoms with Gasteiger partial charge in [0.2, 0.25) is 0 Å². The third kappa shape index (κ3) is 4.80. The van der Waals surface area contributed by atoms with E-state index in [0.29, 0.717) is 0 Å². The van der Waals surface area contributed by atoms with Gasteiger partial charge in [-0.3, -0.25) is 0 Å². The van der Waals surface area contributed by atoms with Crippen LogP contribution in [-0.4, -0.2) is 40.8 Å². The van der Waals surface area contributed by atoms with Gasteiger partial charge in [0, 0.05) is 19.6 Å². The van der Waals surface area contributed by atoms with E-state index in [0.717, 1.165) is 31.2 Å².